The van der Waals surface area contributed by atoms with Gasteiger partial charge in [0.1, 0.15) is 16.7 Å². The maximum atomic E-state index is 6.52. The largest absolute Gasteiger partial charge is 0.463 e. The number of fused-ring (bicyclic) bond motifs is 13. The number of furan rings is 2. The Labute approximate surface area is 330 Å². The average molecular weight is 743 g/mol. The van der Waals surface area contributed by atoms with Gasteiger partial charge in [0, 0.05) is 47.5 Å². The summed E-state index contributed by atoms with van der Waals surface area (Å²) >= 11 is 1.86. The van der Waals surface area contributed by atoms with Crippen LogP contribution in [0.25, 0.3) is 130 Å². The smallest absolute Gasteiger partial charge is 0.143 e. The number of rotatable bonds is 3. The fourth-order valence-electron chi connectivity index (χ4n) is 9.58. The summed E-state index contributed by atoms with van der Waals surface area (Å²) in [6.45, 7) is 0. The van der Waals surface area contributed by atoms with Gasteiger partial charge in [-0.15, -0.1) is 11.3 Å². The van der Waals surface area contributed by atoms with Crippen LogP contribution in [0.5, 0.6) is 0 Å². The average Bonchev–Trinajstić information content (AvgIpc) is 3.99. The zero-order chi connectivity index (χ0) is 37.2. The predicted molar refractivity (Wildman–Crippen MR) is 243 cm³/mol. The molecule has 0 amide bonds. The van der Waals surface area contributed by atoms with Gasteiger partial charge in [0.2, 0.25) is 0 Å². The molecule has 10 aromatic carbocycles. The second-order valence-corrected chi connectivity index (χ2v) is 16.2. The van der Waals surface area contributed by atoms with Gasteiger partial charge >= 0.3 is 0 Å². The first kappa shape index (κ1) is 31.1. The molecule has 0 saturated heterocycles. The third kappa shape index (κ3) is 4.40. The van der Waals surface area contributed by atoms with Crippen LogP contribution in [0.15, 0.2) is 191 Å². The summed E-state index contributed by atoms with van der Waals surface area (Å²) in [6.07, 6.45) is 1.94. The highest BCUT2D eigenvalue weighted by atomic mass is 32.1. The van der Waals surface area contributed by atoms with E-state index in [0.717, 1.165) is 33.1 Å². The van der Waals surface area contributed by atoms with Crippen LogP contribution in [0.4, 0.5) is 0 Å². The first-order chi connectivity index (χ1) is 28.3. The van der Waals surface area contributed by atoms with Crippen molar-refractivity contribution < 1.29 is 8.83 Å². The minimum Gasteiger partial charge on any atom is -0.463 e. The summed E-state index contributed by atoms with van der Waals surface area (Å²) in [6, 6.07) is 64.0. The summed E-state index contributed by atoms with van der Waals surface area (Å²) in [5, 5.41) is 15.7. The molecular weight excluding hydrogens is 713 g/mol. The lowest BCUT2D eigenvalue weighted by Gasteiger charge is -2.18. The topological polar surface area (TPSA) is 26.3 Å². The molecule has 0 radical (unpaired) electrons. The van der Waals surface area contributed by atoms with E-state index >= 15 is 0 Å². The second-order valence-electron chi connectivity index (χ2n) is 15.1. The van der Waals surface area contributed by atoms with Crippen LogP contribution in [-0.2, 0) is 0 Å². The monoisotopic (exact) mass is 742 g/mol. The molecular formula is C54H30O2S. The summed E-state index contributed by atoms with van der Waals surface area (Å²) in [4.78, 5) is 0. The van der Waals surface area contributed by atoms with Crippen LogP contribution in [-0.4, -0.2) is 0 Å². The van der Waals surface area contributed by atoms with Crippen molar-refractivity contribution in [2.45, 2.75) is 0 Å². The van der Waals surface area contributed by atoms with E-state index in [9.17, 15) is 0 Å². The van der Waals surface area contributed by atoms with Gasteiger partial charge in [-0.25, -0.2) is 0 Å². The molecule has 13 rings (SSSR count). The fourth-order valence-corrected chi connectivity index (χ4v) is 10.8. The molecule has 0 bridgehead atoms. The molecule has 264 valence electrons. The highest BCUT2D eigenvalue weighted by Crippen LogP contribution is 2.50. The minimum absolute atomic E-state index is 0.904. The van der Waals surface area contributed by atoms with E-state index in [1.54, 1.807) is 0 Å². The van der Waals surface area contributed by atoms with E-state index < -0.39 is 0 Å². The van der Waals surface area contributed by atoms with Gasteiger partial charge in [-0.2, -0.15) is 0 Å². The van der Waals surface area contributed by atoms with Crippen molar-refractivity contribution in [2.75, 3.05) is 0 Å². The van der Waals surface area contributed by atoms with E-state index in [-0.39, 0.29) is 0 Å². The summed E-state index contributed by atoms with van der Waals surface area (Å²) in [5.41, 5.74) is 9.97. The molecule has 0 atom stereocenters. The van der Waals surface area contributed by atoms with E-state index in [4.69, 9.17) is 8.83 Å². The zero-order valence-corrected chi connectivity index (χ0v) is 31.4. The quantitative estimate of drug-likeness (QED) is 0.169. The Morgan fingerprint density at radius 3 is 1.82 bits per heavy atom. The van der Waals surface area contributed by atoms with Crippen molar-refractivity contribution in [3.05, 3.63) is 182 Å². The van der Waals surface area contributed by atoms with Gasteiger partial charge in [-0.05, 0) is 102 Å². The second kappa shape index (κ2) is 11.7. The van der Waals surface area contributed by atoms with Gasteiger partial charge in [0.05, 0.1) is 6.26 Å². The Balaban J connectivity index is 1.05. The fraction of sp³-hybridized carbons (Fsp3) is 0. The normalized spacial score (nSPS) is 12.2. The third-order valence-corrected chi connectivity index (χ3v) is 13.3. The Morgan fingerprint density at radius 2 is 1.02 bits per heavy atom. The van der Waals surface area contributed by atoms with Crippen LogP contribution < -0.4 is 0 Å². The molecule has 0 aliphatic heterocycles. The van der Waals surface area contributed by atoms with Crippen LogP contribution in [0.3, 0.4) is 0 Å². The molecule has 3 aromatic heterocycles. The van der Waals surface area contributed by atoms with Gasteiger partial charge < -0.3 is 8.83 Å². The Bertz CT molecular complexity index is 3760. The number of hydrogen-bond acceptors (Lipinski definition) is 3. The zero-order valence-electron chi connectivity index (χ0n) is 30.5. The predicted octanol–water partition coefficient (Wildman–Crippen LogP) is 16.3. The molecule has 0 N–H and O–H groups in total. The molecule has 0 aliphatic carbocycles. The van der Waals surface area contributed by atoms with Gasteiger partial charge in [0.15, 0.2) is 0 Å². The van der Waals surface area contributed by atoms with Crippen molar-refractivity contribution in [3.63, 3.8) is 0 Å². The van der Waals surface area contributed by atoms with E-state index in [1.165, 1.54) is 96.5 Å². The molecule has 3 heterocycles. The summed E-state index contributed by atoms with van der Waals surface area (Å²) in [7, 11) is 0. The van der Waals surface area contributed by atoms with Crippen LogP contribution in [0.2, 0.25) is 0 Å². The van der Waals surface area contributed by atoms with Crippen molar-refractivity contribution in [3.8, 4) is 33.4 Å². The van der Waals surface area contributed by atoms with Crippen molar-refractivity contribution in [1.29, 1.82) is 0 Å². The number of hydrogen-bond donors (Lipinski definition) is 0. The molecule has 0 saturated carbocycles. The maximum absolute atomic E-state index is 6.52. The molecule has 0 unspecified atom stereocenters. The number of thiophene rings is 1. The molecule has 13 aromatic rings. The number of benzene rings is 10. The lowest BCUT2D eigenvalue weighted by Crippen LogP contribution is -1.91. The van der Waals surface area contributed by atoms with Gasteiger partial charge in [-0.1, -0.05) is 140 Å². The van der Waals surface area contributed by atoms with Crippen molar-refractivity contribution >= 4 is 108 Å². The first-order valence-corrected chi connectivity index (χ1v) is 20.2. The van der Waals surface area contributed by atoms with Crippen LogP contribution >= 0.6 is 11.3 Å². The molecule has 57 heavy (non-hydrogen) atoms. The minimum atomic E-state index is 0.904. The SMILES string of the molecule is c1ccc2cc(-c3coc4c3ccc3sc5c(-c6c7ccccc7c(-c7ccc8oc9ccc%10ccccc%10c9c8c7)c7ccccc67)cccc5c34)ccc2c1. The Hall–Kier alpha value is -7.20. The van der Waals surface area contributed by atoms with Gasteiger partial charge in [0.25, 0.3) is 0 Å². The molecule has 0 spiro atoms. The van der Waals surface area contributed by atoms with Crippen molar-refractivity contribution in [2.24, 2.45) is 0 Å². The van der Waals surface area contributed by atoms with E-state index in [1.807, 2.05) is 17.6 Å². The van der Waals surface area contributed by atoms with Crippen LogP contribution in [0.1, 0.15) is 0 Å². The van der Waals surface area contributed by atoms with Crippen molar-refractivity contribution in [1.82, 2.24) is 0 Å². The molecule has 0 aliphatic rings. The first-order valence-electron chi connectivity index (χ1n) is 19.4. The maximum Gasteiger partial charge on any atom is 0.143 e. The lowest BCUT2D eigenvalue weighted by molar-refractivity contribution is 0.620. The van der Waals surface area contributed by atoms with E-state index in [0.29, 0.717) is 0 Å². The summed E-state index contributed by atoms with van der Waals surface area (Å²) < 4.78 is 15.4. The van der Waals surface area contributed by atoms with Gasteiger partial charge in [-0.3, -0.25) is 0 Å². The summed E-state index contributed by atoms with van der Waals surface area (Å²) in [5.74, 6) is 0. The molecule has 0 fully saturated rings. The lowest BCUT2D eigenvalue weighted by atomic mass is 9.85. The molecule has 3 heteroatoms. The third-order valence-electron chi connectivity index (χ3n) is 12.1. The molecule has 2 nitrogen and oxygen atoms in total. The van der Waals surface area contributed by atoms with Crippen LogP contribution in [0, 0.1) is 0 Å². The Morgan fingerprint density at radius 1 is 0.368 bits per heavy atom. The highest BCUT2D eigenvalue weighted by Gasteiger charge is 2.22. The standard InChI is InChI=1S/C54H30O2S/c1-2-12-33-28-34(21-20-31(33)10-1)45-30-55-53-41(45)24-27-48-52(53)43-19-9-18-42(54(43)57-48)50-39-16-7-5-14-37(39)49(38-15-6-8-17-40(38)50)35-23-25-46-44(29-35)51-36-13-4-3-11-32(36)22-26-47(51)56-46/h1-30H. The Kier molecular flexibility index (Phi) is 6.35. The van der Waals surface area contributed by atoms with E-state index in [2.05, 4.69) is 176 Å². The highest BCUT2D eigenvalue weighted by molar-refractivity contribution is 7.26.